The number of benzene rings is 1. The Kier molecular flexibility index (Phi) is 4.35. The van der Waals surface area contributed by atoms with Crippen molar-refractivity contribution in [1.29, 1.82) is 0 Å². The Bertz CT molecular complexity index is 621. The van der Waals surface area contributed by atoms with Gasteiger partial charge in [0.15, 0.2) is 0 Å². The molecule has 0 aliphatic rings. The van der Waals surface area contributed by atoms with Crippen molar-refractivity contribution in [2.75, 3.05) is 0 Å². The maximum Gasteiger partial charge on any atom is 0.131 e. The molecule has 0 aliphatic carbocycles. The van der Waals surface area contributed by atoms with Gasteiger partial charge in [0.25, 0.3) is 0 Å². The Balaban J connectivity index is 2.23. The summed E-state index contributed by atoms with van der Waals surface area (Å²) in [5.74, 6) is 0.667. The molecule has 5 heteroatoms. The van der Waals surface area contributed by atoms with Gasteiger partial charge < -0.3 is 9.84 Å². The molecule has 1 atom stereocenters. The normalized spacial score (nSPS) is 12.5. The van der Waals surface area contributed by atoms with E-state index in [0.29, 0.717) is 17.4 Å². The second-order valence-electron chi connectivity index (χ2n) is 4.98. The van der Waals surface area contributed by atoms with Crippen LogP contribution in [0.1, 0.15) is 35.5 Å². The molecule has 0 saturated heterocycles. The Hall–Kier alpha value is -1.52. The van der Waals surface area contributed by atoms with E-state index in [1.54, 1.807) is 11.6 Å². The van der Waals surface area contributed by atoms with Crippen LogP contribution in [-0.2, 0) is 13.7 Å². The van der Waals surface area contributed by atoms with E-state index in [4.69, 9.17) is 16.3 Å². The highest BCUT2D eigenvalue weighted by Crippen LogP contribution is 2.28. The fraction of sp³-hybridized carbons (Fsp3) is 0.400. The average Bonchev–Trinajstić information content (AvgIpc) is 2.62. The van der Waals surface area contributed by atoms with E-state index in [9.17, 15) is 5.11 Å². The van der Waals surface area contributed by atoms with Gasteiger partial charge in [0.1, 0.15) is 12.4 Å². The average molecular weight is 295 g/mol. The summed E-state index contributed by atoms with van der Waals surface area (Å²) < 4.78 is 7.53. The summed E-state index contributed by atoms with van der Waals surface area (Å²) in [5, 5.41) is 14.7. The van der Waals surface area contributed by atoms with Gasteiger partial charge in [-0.25, -0.2) is 0 Å². The first-order chi connectivity index (χ1) is 9.40. The van der Waals surface area contributed by atoms with Crippen molar-refractivity contribution in [2.45, 2.75) is 33.5 Å². The van der Waals surface area contributed by atoms with Crippen LogP contribution in [0, 0.1) is 13.8 Å². The van der Waals surface area contributed by atoms with Crippen LogP contribution >= 0.6 is 11.6 Å². The summed E-state index contributed by atoms with van der Waals surface area (Å²) in [6.45, 7) is 5.89. The number of aryl methyl sites for hydroxylation is 3. The number of halogens is 1. The fourth-order valence-corrected chi connectivity index (χ4v) is 2.32. The van der Waals surface area contributed by atoms with Crippen LogP contribution in [0.4, 0.5) is 0 Å². The lowest BCUT2D eigenvalue weighted by Gasteiger charge is -2.14. The van der Waals surface area contributed by atoms with Gasteiger partial charge in [-0.2, -0.15) is 5.10 Å². The van der Waals surface area contributed by atoms with Crippen molar-refractivity contribution >= 4 is 11.6 Å². The molecule has 1 aromatic carbocycles. The van der Waals surface area contributed by atoms with Crippen LogP contribution in [0.15, 0.2) is 18.2 Å². The maximum absolute atomic E-state index is 9.82. The van der Waals surface area contributed by atoms with E-state index >= 15 is 0 Å². The van der Waals surface area contributed by atoms with Gasteiger partial charge in [-0.15, -0.1) is 0 Å². The number of aliphatic hydroxyl groups excluding tert-OH is 1. The van der Waals surface area contributed by atoms with Crippen molar-refractivity contribution in [3.8, 4) is 5.75 Å². The summed E-state index contributed by atoms with van der Waals surface area (Å²) in [7, 11) is 1.84. The summed E-state index contributed by atoms with van der Waals surface area (Å²) in [6, 6.07) is 5.75. The third kappa shape index (κ3) is 2.97. The van der Waals surface area contributed by atoms with Gasteiger partial charge in [-0.1, -0.05) is 23.2 Å². The molecule has 1 aromatic heterocycles. The highest BCUT2D eigenvalue weighted by Gasteiger charge is 2.14. The van der Waals surface area contributed by atoms with Crippen molar-refractivity contribution in [3.63, 3.8) is 0 Å². The number of aliphatic hydroxyl groups is 1. The van der Waals surface area contributed by atoms with E-state index in [1.807, 2.05) is 39.1 Å². The van der Waals surface area contributed by atoms with Crippen molar-refractivity contribution in [1.82, 2.24) is 9.78 Å². The molecular formula is C15H19ClN2O2. The molecule has 2 rings (SSSR count). The Labute approximate surface area is 123 Å². The van der Waals surface area contributed by atoms with Crippen molar-refractivity contribution in [2.24, 2.45) is 7.05 Å². The third-order valence-corrected chi connectivity index (χ3v) is 3.73. The Morgan fingerprint density at radius 1 is 1.40 bits per heavy atom. The van der Waals surface area contributed by atoms with Crippen LogP contribution in [0.25, 0.3) is 0 Å². The first-order valence-corrected chi connectivity index (χ1v) is 6.87. The lowest BCUT2D eigenvalue weighted by Crippen LogP contribution is -2.06. The lowest BCUT2D eigenvalue weighted by atomic mass is 10.1. The standard InChI is InChI=1S/C15H19ClN2O2/c1-9-5-6-14(12(7-9)11(3)19)20-8-13-15(16)10(2)17-18(13)4/h5-7,11,19H,8H2,1-4H3. The lowest BCUT2D eigenvalue weighted by molar-refractivity contribution is 0.189. The number of rotatable bonds is 4. The number of hydrogen-bond acceptors (Lipinski definition) is 3. The first-order valence-electron chi connectivity index (χ1n) is 6.49. The van der Waals surface area contributed by atoms with E-state index in [2.05, 4.69) is 5.10 Å². The predicted molar refractivity (Wildman–Crippen MR) is 79.1 cm³/mol. The van der Waals surface area contributed by atoms with Gasteiger partial charge in [0.05, 0.1) is 22.5 Å². The van der Waals surface area contributed by atoms with Crippen LogP contribution in [0.5, 0.6) is 5.75 Å². The van der Waals surface area contributed by atoms with Crippen molar-refractivity contribution in [3.05, 3.63) is 45.7 Å². The predicted octanol–water partition coefficient (Wildman–Crippen LogP) is 3.32. The molecule has 0 bridgehead atoms. The van der Waals surface area contributed by atoms with Crippen LogP contribution in [0.3, 0.4) is 0 Å². The molecule has 0 radical (unpaired) electrons. The maximum atomic E-state index is 9.82. The summed E-state index contributed by atoms with van der Waals surface area (Å²) in [4.78, 5) is 0. The molecule has 108 valence electrons. The number of nitrogens with zero attached hydrogens (tertiary/aromatic N) is 2. The monoisotopic (exact) mass is 294 g/mol. The van der Waals surface area contributed by atoms with E-state index in [1.165, 1.54) is 0 Å². The minimum atomic E-state index is -0.575. The van der Waals surface area contributed by atoms with Gasteiger partial charge >= 0.3 is 0 Å². The van der Waals surface area contributed by atoms with Crippen LogP contribution in [0.2, 0.25) is 5.02 Å². The molecule has 2 aromatic rings. The second-order valence-corrected chi connectivity index (χ2v) is 5.35. The fourth-order valence-electron chi connectivity index (χ4n) is 2.11. The molecule has 1 N–H and O–H groups in total. The van der Waals surface area contributed by atoms with Crippen LogP contribution < -0.4 is 4.74 Å². The molecular weight excluding hydrogens is 276 g/mol. The number of hydrogen-bond donors (Lipinski definition) is 1. The first kappa shape index (κ1) is 14.9. The zero-order chi connectivity index (χ0) is 14.9. The Morgan fingerprint density at radius 3 is 2.65 bits per heavy atom. The number of aromatic nitrogens is 2. The molecule has 0 saturated carbocycles. The molecule has 20 heavy (non-hydrogen) atoms. The highest BCUT2D eigenvalue weighted by molar-refractivity contribution is 6.31. The third-order valence-electron chi connectivity index (χ3n) is 3.24. The quantitative estimate of drug-likeness (QED) is 0.941. The van der Waals surface area contributed by atoms with E-state index < -0.39 is 6.10 Å². The topological polar surface area (TPSA) is 47.3 Å². The SMILES string of the molecule is Cc1ccc(OCc2c(Cl)c(C)nn2C)c(C(C)O)c1. The van der Waals surface area contributed by atoms with Gasteiger partial charge in [0.2, 0.25) is 0 Å². The molecule has 0 aliphatic heterocycles. The molecule has 0 amide bonds. The minimum absolute atomic E-state index is 0.318. The minimum Gasteiger partial charge on any atom is -0.487 e. The van der Waals surface area contributed by atoms with Gasteiger partial charge in [0, 0.05) is 12.6 Å². The molecule has 0 fully saturated rings. The highest BCUT2D eigenvalue weighted by atomic mass is 35.5. The van der Waals surface area contributed by atoms with E-state index in [0.717, 1.165) is 22.5 Å². The van der Waals surface area contributed by atoms with Crippen LogP contribution in [-0.4, -0.2) is 14.9 Å². The molecule has 1 unspecified atom stereocenters. The second kappa shape index (κ2) is 5.85. The summed E-state index contributed by atoms with van der Waals surface area (Å²) in [6.07, 6.45) is -0.575. The number of ether oxygens (including phenoxy) is 1. The molecule has 1 heterocycles. The van der Waals surface area contributed by atoms with Gasteiger partial charge in [-0.05, 0) is 32.9 Å². The Morgan fingerprint density at radius 2 is 2.10 bits per heavy atom. The smallest absolute Gasteiger partial charge is 0.131 e. The van der Waals surface area contributed by atoms with E-state index in [-0.39, 0.29) is 0 Å². The molecule has 0 spiro atoms. The largest absolute Gasteiger partial charge is 0.487 e. The van der Waals surface area contributed by atoms with Crippen molar-refractivity contribution < 1.29 is 9.84 Å². The molecule has 4 nitrogen and oxygen atoms in total. The zero-order valence-corrected chi connectivity index (χ0v) is 12.9. The summed E-state index contributed by atoms with van der Waals surface area (Å²) >= 11 is 6.20. The zero-order valence-electron chi connectivity index (χ0n) is 12.1. The summed E-state index contributed by atoms with van der Waals surface area (Å²) in [5.41, 5.74) is 3.47. The van der Waals surface area contributed by atoms with Gasteiger partial charge in [-0.3, -0.25) is 4.68 Å².